The molecule has 154 valence electrons. The van der Waals surface area contributed by atoms with Gasteiger partial charge in [-0.25, -0.2) is 0 Å². The Kier molecular flexibility index (Phi) is 12.0. The van der Waals surface area contributed by atoms with E-state index < -0.39 is 5.60 Å². The average molecular weight is 483 g/mol. The SMILES string of the molecule is CCNC(=NCC(C)(O)CN1CCOCC1)NCCCN1CCCC1.I. The number of halogens is 1. The van der Waals surface area contributed by atoms with Crippen LogP contribution in [-0.4, -0.2) is 98.6 Å². The molecular formula is C18H38IN5O2. The first-order valence-electron chi connectivity index (χ1n) is 9.86. The zero-order valence-corrected chi connectivity index (χ0v) is 18.8. The monoisotopic (exact) mass is 483 g/mol. The van der Waals surface area contributed by atoms with Crippen LogP contribution < -0.4 is 10.6 Å². The second kappa shape index (κ2) is 13.1. The third-order valence-electron chi connectivity index (χ3n) is 4.73. The summed E-state index contributed by atoms with van der Waals surface area (Å²) in [6.07, 6.45) is 3.81. The molecule has 26 heavy (non-hydrogen) atoms. The van der Waals surface area contributed by atoms with Crippen molar-refractivity contribution in [2.75, 3.05) is 72.1 Å². The normalized spacial score (nSPS) is 21.9. The third kappa shape index (κ3) is 9.68. The van der Waals surface area contributed by atoms with Crippen LogP contribution in [0.25, 0.3) is 0 Å². The molecule has 7 nitrogen and oxygen atoms in total. The summed E-state index contributed by atoms with van der Waals surface area (Å²) in [4.78, 5) is 9.36. The number of morpholine rings is 1. The summed E-state index contributed by atoms with van der Waals surface area (Å²) in [5.41, 5.74) is -0.824. The number of aliphatic imine (C=N–C) groups is 1. The number of guanidine groups is 1. The third-order valence-corrected chi connectivity index (χ3v) is 4.73. The first kappa shape index (κ1) is 23.9. The fourth-order valence-electron chi connectivity index (χ4n) is 3.40. The maximum absolute atomic E-state index is 10.6. The molecule has 0 radical (unpaired) electrons. The number of ether oxygens (including phenoxy) is 1. The minimum atomic E-state index is -0.824. The summed E-state index contributed by atoms with van der Waals surface area (Å²) < 4.78 is 5.36. The van der Waals surface area contributed by atoms with Gasteiger partial charge < -0.3 is 25.4 Å². The number of likely N-dealkylation sites (tertiary alicyclic amines) is 1. The highest BCUT2D eigenvalue weighted by atomic mass is 127. The van der Waals surface area contributed by atoms with E-state index in [-0.39, 0.29) is 24.0 Å². The molecule has 0 saturated carbocycles. The van der Waals surface area contributed by atoms with Gasteiger partial charge >= 0.3 is 0 Å². The molecule has 0 aromatic rings. The van der Waals surface area contributed by atoms with Crippen LogP contribution in [0, 0.1) is 0 Å². The van der Waals surface area contributed by atoms with E-state index >= 15 is 0 Å². The second-order valence-electron chi connectivity index (χ2n) is 7.41. The van der Waals surface area contributed by atoms with Crippen molar-refractivity contribution >= 4 is 29.9 Å². The van der Waals surface area contributed by atoms with Crippen LogP contribution in [0.4, 0.5) is 0 Å². The van der Waals surface area contributed by atoms with Crippen molar-refractivity contribution < 1.29 is 9.84 Å². The lowest BCUT2D eigenvalue weighted by Crippen LogP contribution is -2.48. The minimum Gasteiger partial charge on any atom is -0.387 e. The van der Waals surface area contributed by atoms with E-state index in [1.54, 1.807) is 0 Å². The standard InChI is InChI=1S/C18H37N5O2.HI/c1-3-19-17(20-7-6-10-22-8-4-5-9-22)21-15-18(2,24)16-23-11-13-25-14-12-23;/h24H,3-16H2,1-2H3,(H2,19,20,21);1H. The van der Waals surface area contributed by atoms with Crippen LogP contribution in [0.15, 0.2) is 4.99 Å². The minimum absolute atomic E-state index is 0. The maximum atomic E-state index is 10.6. The van der Waals surface area contributed by atoms with Gasteiger partial charge in [-0.2, -0.15) is 0 Å². The van der Waals surface area contributed by atoms with E-state index in [9.17, 15) is 5.11 Å². The first-order chi connectivity index (χ1) is 12.1. The van der Waals surface area contributed by atoms with Gasteiger partial charge in [0.2, 0.25) is 0 Å². The lowest BCUT2D eigenvalue weighted by atomic mass is 10.1. The van der Waals surface area contributed by atoms with Gasteiger partial charge in [0.1, 0.15) is 0 Å². The van der Waals surface area contributed by atoms with Crippen LogP contribution >= 0.6 is 24.0 Å². The molecule has 0 bridgehead atoms. The lowest BCUT2D eigenvalue weighted by molar-refractivity contribution is -0.0179. The highest BCUT2D eigenvalue weighted by molar-refractivity contribution is 14.0. The second-order valence-corrected chi connectivity index (χ2v) is 7.41. The van der Waals surface area contributed by atoms with E-state index in [0.29, 0.717) is 13.1 Å². The van der Waals surface area contributed by atoms with E-state index in [2.05, 4.69) is 32.3 Å². The summed E-state index contributed by atoms with van der Waals surface area (Å²) in [6.45, 7) is 13.6. The Balaban J connectivity index is 0.00000338. The Bertz CT molecular complexity index is 397. The molecule has 2 aliphatic rings. The summed E-state index contributed by atoms with van der Waals surface area (Å²) in [5, 5.41) is 17.3. The van der Waals surface area contributed by atoms with Gasteiger partial charge in [-0.15, -0.1) is 24.0 Å². The molecule has 8 heteroatoms. The molecule has 2 fully saturated rings. The van der Waals surface area contributed by atoms with E-state index in [1.165, 1.54) is 25.9 Å². The zero-order chi connectivity index (χ0) is 18.0. The van der Waals surface area contributed by atoms with Crippen molar-refractivity contribution in [1.82, 2.24) is 20.4 Å². The van der Waals surface area contributed by atoms with Gasteiger partial charge in [-0.3, -0.25) is 9.89 Å². The zero-order valence-electron chi connectivity index (χ0n) is 16.5. The number of nitrogens with one attached hydrogen (secondary N) is 2. The predicted octanol–water partition coefficient (Wildman–Crippen LogP) is 0.729. The highest BCUT2D eigenvalue weighted by Gasteiger charge is 2.25. The van der Waals surface area contributed by atoms with Gasteiger partial charge in [0, 0.05) is 32.7 Å². The summed E-state index contributed by atoms with van der Waals surface area (Å²) in [5.74, 6) is 0.797. The predicted molar refractivity (Wildman–Crippen MR) is 118 cm³/mol. The number of rotatable bonds is 9. The fraction of sp³-hybridized carbons (Fsp3) is 0.944. The van der Waals surface area contributed by atoms with Crippen molar-refractivity contribution in [3.63, 3.8) is 0 Å². The molecular weight excluding hydrogens is 445 g/mol. The molecule has 1 unspecified atom stereocenters. The Morgan fingerprint density at radius 3 is 2.46 bits per heavy atom. The molecule has 3 N–H and O–H groups in total. The molecule has 2 rings (SSSR count). The molecule has 0 amide bonds. The van der Waals surface area contributed by atoms with Crippen LogP contribution in [0.3, 0.4) is 0 Å². The largest absolute Gasteiger partial charge is 0.387 e. The van der Waals surface area contributed by atoms with Crippen molar-refractivity contribution in [3.05, 3.63) is 0 Å². The van der Waals surface area contributed by atoms with Crippen molar-refractivity contribution in [3.8, 4) is 0 Å². The summed E-state index contributed by atoms with van der Waals surface area (Å²) in [7, 11) is 0. The molecule has 0 aromatic carbocycles. The average Bonchev–Trinajstić information content (AvgIpc) is 3.10. The molecule has 1 atom stereocenters. The smallest absolute Gasteiger partial charge is 0.191 e. The van der Waals surface area contributed by atoms with Gasteiger partial charge in [0.05, 0.1) is 25.4 Å². The molecule has 0 spiro atoms. The van der Waals surface area contributed by atoms with Crippen molar-refractivity contribution in [1.29, 1.82) is 0 Å². The van der Waals surface area contributed by atoms with Crippen LogP contribution in [0.2, 0.25) is 0 Å². The Morgan fingerprint density at radius 1 is 1.12 bits per heavy atom. The number of aliphatic hydroxyl groups is 1. The van der Waals surface area contributed by atoms with Crippen LogP contribution in [0.1, 0.15) is 33.1 Å². The molecule has 2 aliphatic heterocycles. The van der Waals surface area contributed by atoms with Crippen LogP contribution in [-0.2, 0) is 4.74 Å². The molecule has 0 aromatic heterocycles. The number of nitrogens with zero attached hydrogens (tertiary/aromatic N) is 3. The number of hydrogen-bond acceptors (Lipinski definition) is 5. The fourth-order valence-corrected chi connectivity index (χ4v) is 3.40. The first-order valence-corrected chi connectivity index (χ1v) is 9.86. The van der Waals surface area contributed by atoms with E-state index in [0.717, 1.165) is 58.3 Å². The van der Waals surface area contributed by atoms with Gasteiger partial charge in [-0.1, -0.05) is 0 Å². The lowest BCUT2D eigenvalue weighted by Gasteiger charge is -2.33. The quantitative estimate of drug-likeness (QED) is 0.195. The Labute approximate surface area is 175 Å². The molecule has 2 saturated heterocycles. The van der Waals surface area contributed by atoms with Gasteiger partial charge in [-0.05, 0) is 52.7 Å². The Hall–Kier alpha value is -0.160. The molecule has 0 aliphatic carbocycles. The Morgan fingerprint density at radius 2 is 1.81 bits per heavy atom. The van der Waals surface area contributed by atoms with Crippen molar-refractivity contribution in [2.45, 2.75) is 38.7 Å². The maximum Gasteiger partial charge on any atom is 0.191 e. The van der Waals surface area contributed by atoms with E-state index in [1.807, 2.05) is 6.92 Å². The molecule has 2 heterocycles. The van der Waals surface area contributed by atoms with Crippen molar-refractivity contribution in [2.24, 2.45) is 4.99 Å². The highest BCUT2D eigenvalue weighted by Crippen LogP contribution is 2.09. The van der Waals surface area contributed by atoms with Gasteiger partial charge in [0.25, 0.3) is 0 Å². The van der Waals surface area contributed by atoms with E-state index in [4.69, 9.17) is 4.74 Å². The summed E-state index contributed by atoms with van der Waals surface area (Å²) >= 11 is 0. The van der Waals surface area contributed by atoms with Gasteiger partial charge in [0.15, 0.2) is 5.96 Å². The number of β-amino-alcohol motifs (C(OH)–C–C–N with tert-alkyl or cyclic N) is 1. The van der Waals surface area contributed by atoms with Crippen LogP contribution in [0.5, 0.6) is 0 Å². The topological polar surface area (TPSA) is 72.4 Å². The summed E-state index contributed by atoms with van der Waals surface area (Å²) in [6, 6.07) is 0. The number of hydrogen-bond donors (Lipinski definition) is 3.